The highest BCUT2D eigenvalue weighted by molar-refractivity contribution is 5.32. The van der Waals surface area contributed by atoms with Crippen LogP contribution in [0.5, 0.6) is 0 Å². The molecule has 5 nitrogen and oxygen atoms in total. The van der Waals surface area contributed by atoms with Crippen LogP contribution in [-0.2, 0) is 6.42 Å². The molecule has 0 aliphatic heterocycles. The number of rotatable bonds is 6. The molecule has 0 saturated carbocycles. The standard InChI is InChI=1S/C12H15N3O2/c1-2-14(10-8-13)9-7-11-3-5-12(6-4-11)15(16)17/h3-6H,2,7,9-10H2,1H3. The maximum Gasteiger partial charge on any atom is 0.269 e. The second-order valence-corrected chi connectivity index (χ2v) is 3.70. The Hall–Kier alpha value is -1.93. The average molecular weight is 233 g/mol. The van der Waals surface area contributed by atoms with E-state index in [-0.39, 0.29) is 5.69 Å². The van der Waals surface area contributed by atoms with Gasteiger partial charge < -0.3 is 0 Å². The van der Waals surface area contributed by atoms with Crippen LogP contribution in [0.25, 0.3) is 0 Å². The molecule has 0 radical (unpaired) electrons. The van der Waals surface area contributed by atoms with E-state index < -0.39 is 4.92 Å². The molecule has 0 amide bonds. The molecule has 0 spiro atoms. The maximum absolute atomic E-state index is 10.5. The molecule has 1 aromatic rings. The predicted octanol–water partition coefficient (Wildman–Crippen LogP) is 1.98. The first-order valence-electron chi connectivity index (χ1n) is 5.50. The van der Waals surface area contributed by atoms with Gasteiger partial charge in [-0.25, -0.2) is 0 Å². The second kappa shape index (κ2) is 6.61. The highest BCUT2D eigenvalue weighted by atomic mass is 16.6. The van der Waals surface area contributed by atoms with Gasteiger partial charge in [-0.2, -0.15) is 5.26 Å². The van der Waals surface area contributed by atoms with Crippen molar-refractivity contribution in [3.63, 3.8) is 0 Å². The van der Waals surface area contributed by atoms with Crippen LogP contribution in [0.2, 0.25) is 0 Å². The molecule has 0 aromatic heterocycles. The summed E-state index contributed by atoms with van der Waals surface area (Å²) in [5.74, 6) is 0. The van der Waals surface area contributed by atoms with E-state index in [2.05, 4.69) is 6.07 Å². The van der Waals surface area contributed by atoms with Crippen LogP contribution in [0.4, 0.5) is 5.69 Å². The van der Waals surface area contributed by atoms with Gasteiger partial charge >= 0.3 is 0 Å². The Balaban J connectivity index is 2.52. The van der Waals surface area contributed by atoms with Crippen molar-refractivity contribution in [3.05, 3.63) is 39.9 Å². The summed E-state index contributed by atoms with van der Waals surface area (Å²) in [5, 5.41) is 19.1. The fourth-order valence-electron chi connectivity index (χ4n) is 1.52. The third kappa shape index (κ3) is 4.21. The largest absolute Gasteiger partial charge is 0.291 e. The van der Waals surface area contributed by atoms with Gasteiger partial charge in [0.2, 0.25) is 0 Å². The molecule has 0 bridgehead atoms. The van der Waals surface area contributed by atoms with Crippen molar-refractivity contribution in [2.45, 2.75) is 13.3 Å². The zero-order valence-corrected chi connectivity index (χ0v) is 9.80. The fraction of sp³-hybridized carbons (Fsp3) is 0.417. The normalized spacial score (nSPS) is 10.2. The topological polar surface area (TPSA) is 70.2 Å². The molecule has 17 heavy (non-hydrogen) atoms. The zero-order chi connectivity index (χ0) is 12.7. The summed E-state index contributed by atoms with van der Waals surface area (Å²) in [4.78, 5) is 12.1. The molecule has 90 valence electrons. The van der Waals surface area contributed by atoms with Crippen LogP contribution in [0, 0.1) is 21.4 Å². The van der Waals surface area contributed by atoms with Crippen LogP contribution >= 0.6 is 0 Å². The molecule has 0 heterocycles. The first-order chi connectivity index (χ1) is 8.17. The first kappa shape index (κ1) is 13.1. The van der Waals surface area contributed by atoms with Crippen LogP contribution in [0.15, 0.2) is 24.3 Å². The number of benzene rings is 1. The first-order valence-corrected chi connectivity index (χ1v) is 5.50. The number of hydrogen-bond acceptors (Lipinski definition) is 4. The van der Waals surface area contributed by atoms with Gasteiger partial charge in [-0.05, 0) is 18.5 Å². The molecule has 0 fully saturated rings. The lowest BCUT2D eigenvalue weighted by atomic mass is 10.1. The van der Waals surface area contributed by atoms with Gasteiger partial charge in [0.1, 0.15) is 0 Å². The number of nitro groups is 1. The maximum atomic E-state index is 10.5. The summed E-state index contributed by atoms with van der Waals surface area (Å²) >= 11 is 0. The van der Waals surface area contributed by atoms with E-state index in [9.17, 15) is 10.1 Å². The molecule has 0 unspecified atom stereocenters. The minimum atomic E-state index is -0.405. The van der Waals surface area contributed by atoms with Crippen LogP contribution in [-0.4, -0.2) is 29.5 Å². The molecule has 5 heteroatoms. The van der Waals surface area contributed by atoms with Gasteiger partial charge in [-0.15, -0.1) is 0 Å². The van der Waals surface area contributed by atoms with E-state index in [4.69, 9.17) is 5.26 Å². The van der Waals surface area contributed by atoms with E-state index in [0.717, 1.165) is 25.1 Å². The highest BCUT2D eigenvalue weighted by Crippen LogP contribution is 2.12. The average Bonchev–Trinajstić information content (AvgIpc) is 2.35. The van der Waals surface area contributed by atoms with Gasteiger partial charge in [-0.3, -0.25) is 15.0 Å². The molecule has 0 aliphatic rings. The third-order valence-corrected chi connectivity index (χ3v) is 2.61. The lowest BCUT2D eigenvalue weighted by Gasteiger charge is -2.16. The van der Waals surface area contributed by atoms with Gasteiger partial charge in [0, 0.05) is 18.7 Å². The monoisotopic (exact) mass is 233 g/mol. The van der Waals surface area contributed by atoms with Crippen molar-refractivity contribution < 1.29 is 4.92 Å². The Kier molecular flexibility index (Phi) is 5.11. The number of likely N-dealkylation sites (N-methyl/N-ethyl adjacent to an activating group) is 1. The lowest BCUT2D eigenvalue weighted by molar-refractivity contribution is -0.384. The van der Waals surface area contributed by atoms with Gasteiger partial charge in [0.15, 0.2) is 0 Å². The van der Waals surface area contributed by atoms with E-state index in [1.807, 2.05) is 11.8 Å². The van der Waals surface area contributed by atoms with Crippen LogP contribution in [0.3, 0.4) is 0 Å². The van der Waals surface area contributed by atoms with Crippen molar-refractivity contribution in [2.24, 2.45) is 0 Å². The van der Waals surface area contributed by atoms with E-state index in [1.165, 1.54) is 12.1 Å². The van der Waals surface area contributed by atoms with Gasteiger partial charge in [-0.1, -0.05) is 19.1 Å². The Morgan fingerprint density at radius 2 is 2.06 bits per heavy atom. The minimum absolute atomic E-state index is 0.109. The predicted molar refractivity (Wildman–Crippen MR) is 64.5 cm³/mol. The van der Waals surface area contributed by atoms with E-state index in [0.29, 0.717) is 6.54 Å². The van der Waals surface area contributed by atoms with Crippen molar-refractivity contribution >= 4 is 5.69 Å². The van der Waals surface area contributed by atoms with Crippen molar-refractivity contribution in [3.8, 4) is 6.07 Å². The van der Waals surface area contributed by atoms with E-state index >= 15 is 0 Å². The molecule has 1 rings (SSSR count). The zero-order valence-electron chi connectivity index (χ0n) is 9.80. The molecule has 0 aliphatic carbocycles. The summed E-state index contributed by atoms with van der Waals surface area (Å²) in [7, 11) is 0. The number of hydrogen-bond donors (Lipinski definition) is 0. The Labute approximate surface area is 100 Å². The SMILES string of the molecule is CCN(CC#N)CCc1ccc([N+](=O)[O-])cc1. The highest BCUT2D eigenvalue weighted by Gasteiger charge is 2.05. The summed E-state index contributed by atoms with van der Waals surface area (Å²) in [6.07, 6.45) is 0.799. The Morgan fingerprint density at radius 1 is 1.41 bits per heavy atom. The number of nitrogens with zero attached hydrogens (tertiary/aromatic N) is 3. The summed E-state index contributed by atoms with van der Waals surface area (Å²) in [6.45, 7) is 4.05. The molecule has 0 N–H and O–H groups in total. The van der Waals surface area contributed by atoms with Gasteiger partial charge in [0.25, 0.3) is 5.69 Å². The number of nitro benzene ring substituents is 1. The molecule has 0 atom stereocenters. The fourth-order valence-corrected chi connectivity index (χ4v) is 1.52. The molecule has 0 saturated heterocycles. The smallest absolute Gasteiger partial charge is 0.269 e. The number of non-ortho nitro benzene ring substituents is 1. The van der Waals surface area contributed by atoms with Crippen LogP contribution < -0.4 is 0 Å². The Morgan fingerprint density at radius 3 is 2.53 bits per heavy atom. The minimum Gasteiger partial charge on any atom is -0.291 e. The van der Waals surface area contributed by atoms with Gasteiger partial charge in [0.05, 0.1) is 17.5 Å². The lowest BCUT2D eigenvalue weighted by Crippen LogP contribution is -2.26. The molecular formula is C12H15N3O2. The summed E-state index contributed by atoms with van der Waals surface area (Å²) in [5.41, 5.74) is 1.16. The Bertz CT molecular complexity index is 409. The summed E-state index contributed by atoms with van der Waals surface area (Å²) in [6, 6.07) is 8.66. The van der Waals surface area contributed by atoms with Crippen molar-refractivity contribution in [1.82, 2.24) is 4.90 Å². The van der Waals surface area contributed by atoms with E-state index in [1.54, 1.807) is 12.1 Å². The molecule has 1 aromatic carbocycles. The quantitative estimate of drug-likeness (QED) is 0.428. The summed E-state index contributed by atoms with van der Waals surface area (Å²) < 4.78 is 0. The van der Waals surface area contributed by atoms with Crippen molar-refractivity contribution in [2.75, 3.05) is 19.6 Å². The van der Waals surface area contributed by atoms with Crippen LogP contribution in [0.1, 0.15) is 12.5 Å². The molecular weight excluding hydrogens is 218 g/mol. The third-order valence-electron chi connectivity index (χ3n) is 2.61. The number of nitriles is 1. The second-order valence-electron chi connectivity index (χ2n) is 3.70. The van der Waals surface area contributed by atoms with Crippen molar-refractivity contribution in [1.29, 1.82) is 5.26 Å².